The summed E-state index contributed by atoms with van der Waals surface area (Å²) in [4.78, 5) is 25.9. The fourth-order valence-electron chi connectivity index (χ4n) is 2.18. The van der Waals surface area contributed by atoms with E-state index in [2.05, 4.69) is 48.1 Å². The molecule has 1 aliphatic heterocycles. The van der Waals surface area contributed by atoms with Gasteiger partial charge >= 0.3 is 0 Å². The molecule has 116 valence electrons. The van der Waals surface area contributed by atoms with Crippen LogP contribution in [0.4, 0.5) is 11.6 Å². The Kier molecular flexibility index (Phi) is 4.70. The van der Waals surface area contributed by atoms with E-state index in [1.807, 2.05) is 5.38 Å². The first-order chi connectivity index (χ1) is 10.6. The Morgan fingerprint density at radius 1 is 1.27 bits per heavy atom. The highest BCUT2D eigenvalue weighted by Crippen LogP contribution is 2.21. The molecular weight excluding hydrogens is 366 g/mol. The number of nitrogens with zero attached hydrogens (tertiary/aromatic N) is 4. The van der Waals surface area contributed by atoms with Crippen molar-refractivity contribution in [3.63, 3.8) is 0 Å². The largest absolute Gasteiger partial charge is 0.338 e. The standard InChI is InChI=1S/C14H16BrN5OS/c1-19-2-4-20(5-3-19)14-16-7-11(8-17-14)18-13(21)12-6-10(15)9-22-12/h6-9H,2-5H2,1H3,(H,18,21). The molecule has 1 saturated heterocycles. The highest BCUT2D eigenvalue weighted by Gasteiger charge is 2.16. The minimum absolute atomic E-state index is 0.147. The monoisotopic (exact) mass is 381 g/mol. The van der Waals surface area contributed by atoms with Crippen molar-refractivity contribution < 1.29 is 4.79 Å². The molecule has 0 aliphatic carbocycles. The van der Waals surface area contributed by atoms with Crippen LogP contribution in [0.3, 0.4) is 0 Å². The van der Waals surface area contributed by atoms with Gasteiger partial charge in [0.1, 0.15) is 0 Å². The number of thiophene rings is 1. The number of nitrogens with one attached hydrogen (secondary N) is 1. The second kappa shape index (κ2) is 6.72. The van der Waals surface area contributed by atoms with Gasteiger partial charge in [0, 0.05) is 36.0 Å². The van der Waals surface area contributed by atoms with Gasteiger partial charge in [0.2, 0.25) is 5.95 Å². The molecule has 3 rings (SSSR count). The molecular formula is C14H16BrN5OS. The van der Waals surface area contributed by atoms with Gasteiger partial charge in [-0.25, -0.2) is 9.97 Å². The fraction of sp³-hybridized carbons (Fsp3) is 0.357. The van der Waals surface area contributed by atoms with Crippen molar-refractivity contribution in [2.75, 3.05) is 43.4 Å². The average Bonchev–Trinajstić information content (AvgIpc) is 2.96. The molecule has 0 unspecified atom stereocenters. The van der Waals surface area contributed by atoms with Crippen LogP contribution >= 0.6 is 27.3 Å². The third-order valence-corrected chi connectivity index (χ3v) is 5.16. The van der Waals surface area contributed by atoms with Gasteiger partial charge in [-0.15, -0.1) is 11.3 Å². The summed E-state index contributed by atoms with van der Waals surface area (Å²) in [5.74, 6) is 0.566. The van der Waals surface area contributed by atoms with E-state index in [4.69, 9.17) is 0 Å². The van der Waals surface area contributed by atoms with Crippen LogP contribution in [0.15, 0.2) is 28.3 Å². The van der Waals surface area contributed by atoms with Crippen LogP contribution in [-0.4, -0.2) is 54.0 Å². The number of hydrogen-bond acceptors (Lipinski definition) is 6. The fourth-order valence-corrected chi connectivity index (χ4v) is 3.50. The number of piperazine rings is 1. The summed E-state index contributed by atoms with van der Waals surface area (Å²) < 4.78 is 0.907. The quantitative estimate of drug-likeness (QED) is 0.883. The molecule has 0 atom stereocenters. The van der Waals surface area contributed by atoms with E-state index in [-0.39, 0.29) is 5.91 Å². The zero-order valence-corrected chi connectivity index (χ0v) is 14.5. The van der Waals surface area contributed by atoms with E-state index in [0.29, 0.717) is 16.5 Å². The predicted octanol–water partition coefficient (Wildman–Crippen LogP) is 2.30. The molecule has 22 heavy (non-hydrogen) atoms. The SMILES string of the molecule is CN1CCN(c2ncc(NC(=O)c3cc(Br)cs3)cn2)CC1. The maximum Gasteiger partial charge on any atom is 0.265 e. The molecule has 8 heteroatoms. The summed E-state index contributed by atoms with van der Waals surface area (Å²) in [5, 5.41) is 4.68. The number of halogens is 1. The van der Waals surface area contributed by atoms with Crippen molar-refractivity contribution in [3.8, 4) is 0 Å². The lowest BCUT2D eigenvalue weighted by Gasteiger charge is -2.32. The Morgan fingerprint density at radius 3 is 2.55 bits per heavy atom. The molecule has 6 nitrogen and oxygen atoms in total. The molecule has 2 aromatic rings. The van der Waals surface area contributed by atoms with Crippen LogP contribution in [0, 0.1) is 0 Å². The molecule has 1 fully saturated rings. The summed E-state index contributed by atoms with van der Waals surface area (Å²) in [6.07, 6.45) is 3.31. The zero-order chi connectivity index (χ0) is 15.5. The molecule has 0 spiro atoms. The highest BCUT2D eigenvalue weighted by atomic mass is 79.9. The number of hydrogen-bond donors (Lipinski definition) is 1. The smallest absolute Gasteiger partial charge is 0.265 e. The number of likely N-dealkylation sites (N-methyl/N-ethyl adjacent to an activating group) is 1. The van der Waals surface area contributed by atoms with Crippen molar-refractivity contribution in [2.24, 2.45) is 0 Å². The minimum atomic E-state index is -0.147. The Bertz CT molecular complexity index is 652. The first-order valence-electron chi connectivity index (χ1n) is 6.93. The first-order valence-corrected chi connectivity index (χ1v) is 8.60. The third kappa shape index (κ3) is 3.63. The Hall–Kier alpha value is -1.51. The minimum Gasteiger partial charge on any atom is -0.338 e. The normalized spacial score (nSPS) is 15.8. The molecule has 1 amide bonds. The molecule has 3 heterocycles. The first kappa shape index (κ1) is 15.4. The van der Waals surface area contributed by atoms with Crippen LogP contribution < -0.4 is 10.2 Å². The second-order valence-corrected chi connectivity index (χ2v) is 6.97. The van der Waals surface area contributed by atoms with Gasteiger partial charge in [-0.3, -0.25) is 4.79 Å². The zero-order valence-electron chi connectivity index (χ0n) is 12.1. The van der Waals surface area contributed by atoms with Crippen molar-refractivity contribution in [2.45, 2.75) is 0 Å². The van der Waals surface area contributed by atoms with Crippen molar-refractivity contribution in [1.82, 2.24) is 14.9 Å². The van der Waals surface area contributed by atoms with Crippen molar-refractivity contribution in [3.05, 3.63) is 33.2 Å². The molecule has 0 radical (unpaired) electrons. The third-order valence-electron chi connectivity index (χ3n) is 3.47. The number of rotatable bonds is 3. The van der Waals surface area contributed by atoms with Crippen LogP contribution in [-0.2, 0) is 0 Å². The number of carbonyl (C=O) groups excluding carboxylic acids is 1. The van der Waals surface area contributed by atoms with Crippen LogP contribution in [0.25, 0.3) is 0 Å². The molecule has 1 N–H and O–H groups in total. The van der Waals surface area contributed by atoms with Gasteiger partial charge in [0.25, 0.3) is 5.91 Å². The predicted molar refractivity (Wildman–Crippen MR) is 91.7 cm³/mol. The topological polar surface area (TPSA) is 61.4 Å². The van der Waals surface area contributed by atoms with Gasteiger partial charge in [-0.2, -0.15) is 0 Å². The summed E-state index contributed by atoms with van der Waals surface area (Å²) >= 11 is 4.73. The molecule has 0 saturated carbocycles. The van der Waals surface area contributed by atoms with Crippen LogP contribution in [0.1, 0.15) is 9.67 Å². The second-order valence-electron chi connectivity index (χ2n) is 5.15. The number of aromatic nitrogens is 2. The van der Waals surface area contributed by atoms with E-state index in [0.717, 1.165) is 30.7 Å². The molecule has 0 aromatic carbocycles. The van der Waals surface area contributed by atoms with E-state index in [9.17, 15) is 4.79 Å². The summed E-state index contributed by atoms with van der Waals surface area (Å²) in [6, 6.07) is 1.79. The summed E-state index contributed by atoms with van der Waals surface area (Å²) in [5.41, 5.74) is 0.604. The van der Waals surface area contributed by atoms with Gasteiger partial charge in [-0.1, -0.05) is 0 Å². The maximum absolute atomic E-state index is 12.1. The Labute approximate surface area is 141 Å². The highest BCUT2D eigenvalue weighted by molar-refractivity contribution is 9.10. The molecule has 1 aliphatic rings. The van der Waals surface area contributed by atoms with E-state index in [1.54, 1.807) is 18.5 Å². The lowest BCUT2D eigenvalue weighted by molar-refractivity contribution is 0.103. The number of amides is 1. The van der Waals surface area contributed by atoms with E-state index >= 15 is 0 Å². The lowest BCUT2D eigenvalue weighted by Crippen LogP contribution is -2.45. The average molecular weight is 382 g/mol. The Balaban J connectivity index is 1.63. The van der Waals surface area contributed by atoms with E-state index in [1.165, 1.54) is 11.3 Å². The van der Waals surface area contributed by atoms with Gasteiger partial charge in [-0.05, 0) is 29.0 Å². The number of anilines is 2. The Morgan fingerprint density at radius 2 is 1.95 bits per heavy atom. The van der Waals surface area contributed by atoms with Crippen LogP contribution in [0.5, 0.6) is 0 Å². The van der Waals surface area contributed by atoms with Gasteiger partial charge < -0.3 is 15.1 Å². The number of carbonyl (C=O) groups is 1. The lowest BCUT2D eigenvalue weighted by atomic mass is 10.3. The van der Waals surface area contributed by atoms with Crippen molar-refractivity contribution >= 4 is 44.8 Å². The summed E-state index contributed by atoms with van der Waals surface area (Å²) in [7, 11) is 2.11. The molecule has 2 aromatic heterocycles. The summed E-state index contributed by atoms with van der Waals surface area (Å²) in [6.45, 7) is 3.86. The van der Waals surface area contributed by atoms with Gasteiger partial charge in [0.05, 0.1) is 23.0 Å². The van der Waals surface area contributed by atoms with E-state index < -0.39 is 0 Å². The van der Waals surface area contributed by atoms with Crippen LogP contribution in [0.2, 0.25) is 0 Å². The molecule has 0 bridgehead atoms. The van der Waals surface area contributed by atoms with Crippen molar-refractivity contribution in [1.29, 1.82) is 0 Å². The maximum atomic E-state index is 12.1. The van der Waals surface area contributed by atoms with Gasteiger partial charge in [0.15, 0.2) is 0 Å².